The van der Waals surface area contributed by atoms with E-state index in [4.69, 9.17) is 9.05 Å². The van der Waals surface area contributed by atoms with Gasteiger partial charge in [0.2, 0.25) is 5.91 Å². The van der Waals surface area contributed by atoms with Crippen LogP contribution < -0.4 is 5.32 Å². The lowest BCUT2D eigenvalue weighted by atomic mass is 10.0. The van der Waals surface area contributed by atoms with E-state index in [-0.39, 0.29) is 19.1 Å². The van der Waals surface area contributed by atoms with Crippen molar-refractivity contribution in [2.75, 3.05) is 40.9 Å². The third-order valence-electron chi connectivity index (χ3n) is 12.1. The number of quaternary nitrogens is 1. The molecule has 68 heavy (non-hydrogen) atoms. The van der Waals surface area contributed by atoms with Crippen LogP contribution in [-0.4, -0.2) is 73.4 Å². The van der Waals surface area contributed by atoms with Gasteiger partial charge in [0, 0.05) is 6.42 Å². The van der Waals surface area contributed by atoms with Gasteiger partial charge in [-0.2, -0.15) is 0 Å². The Kier molecular flexibility index (Phi) is 48.0. The molecule has 0 aliphatic heterocycles. The molecule has 0 aliphatic rings. The standard InChI is InChI=1S/C59H107N2O6P/c1-6-8-10-12-14-16-18-20-22-24-25-26-27-28-29-30-31-32-33-34-35-37-39-41-43-45-47-49-51-53-59(63)60-57(56-67-68(64,65)66-55-54-61(3,4)5)58(62)52-50-48-46-44-42-40-38-36-23-21-19-17-15-13-11-9-7-2/h8,10,14,16,20,22-23,25-26,36,42,44,50,52,57-58,62H,6-7,9,11-13,15,17-19,21,24,27-35,37-41,43,45-49,51,53-56H2,1-5H3,(H-,60,63,64,65)/p+1/b10-8-,16-14-,22-20-,26-25-,36-23+,44-42+,52-50+. The van der Waals surface area contributed by atoms with Gasteiger partial charge in [-0.3, -0.25) is 13.8 Å². The number of likely N-dealkylation sites (N-methyl/N-ethyl adjacent to an activating group) is 1. The molecule has 9 heteroatoms. The van der Waals surface area contributed by atoms with Crippen molar-refractivity contribution in [3.05, 3.63) is 85.1 Å². The summed E-state index contributed by atoms with van der Waals surface area (Å²) in [5.41, 5.74) is 0. The van der Waals surface area contributed by atoms with Crippen molar-refractivity contribution in [1.29, 1.82) is 0 Å². The number of nitrogens with one attached hydrogen (secondary N) is 1. The summed E-state index contributed by atoms with van der Waals surface area (Å²) in [4.78, 5) is 23.3. The molecule has 0 spiro atoms. The first-order valence-electron chi connectivity index (χ1n) is 28.0. The summed E-state index contributed by atoms with van der Waals surface area (Å²) >= 11 is 0. The Morgan fingerprint density at radius 1 is 0.515 bits per heavy atom. The number of amides is 1. The molecule has 0 aromatic heterocycles. The number of nitrogens with zero attached hydrogens (tertiary/aromatic N) is 1. The summed E-state index contributed by atoms with van der Waals surface area (Å²) in [6.45, 7) is 4.67. The number of rotatable bonds is 50. The van der Waals surface area contributed by atoms with Crippen molar-refractivity contribution in [3.63, 3.8) is 0 Å². The van der Waals surface area contributed by atoms with Gasteiger partial charge >= 0.3 is 7.82 Å². The summed E-state index contributed by atoms with van der Waals surface area (Å²) in [6, 6.07) is -0.873. The minimum absolute atomic E-state index is 0.0510. The molecule has 0 saturated carbocycles. The summed E-state index contributed by atoms with van der Waals surface area (Å²) < 4.78 is 23.7. The van der Waals surface area contributed by atoms with Gasteiger partial charge in [0.05, 0.1) is 39.9 Å². The van der Waals surface area contributed by atoms with E-state index in [2.05, 4.69) is 92.1 Å². The van der Waals surface area contributed by atoms with Crippen molar-refractivity contribution in [3.8, 4) is 0 Å². The molecule has 394 valence electrons. The number of aliphatic hydroxyl groups excluding tert-OH is 1. The largest absolute Gasteiger partial charge is 0.472 e. The quantitative estimate of drug-likeness (QED) is 0.0243. The summed E-state index contributed by atoms with van der Waals surface area (Å²) in [5.74, 6) is -0.193. The Bertz CT molecular complexity index is 1380. The Labute approximate surface area is 420 Å². The number of unbranched alkanes of at least 4 members (excludes halogenated alkanes) is 25. The zero-order chi connectivity index (χ0) is 49.9. The fourth-order valence-electron chi connectivity index (χ4n) is 7.71. The second kappa shape index (κ2) is 49.7. The Morgan fingerprint density at radius 2 is 0.897 bits per heavy atom. The highest BCUT2D eigenvalue weighted by atomic mass is 31.2. The summed E-state index contributed by atoms with van der Waals surface area (Å²) in [7, 11) is 1.54. The average molecular weight is 972 g/mol. The molecule has 0 bridgehead atoms. The second-order valence-electron chi connectivity index (χ2n) is 19.9. The number of aliphatic hydroxyl groups is 1. The smallest absolute Gasteiger partial charge is 0.387 e. The van der Waals surface area contributed by atoms with Gasteiger partial charge in [0.25, 0.3) is 0 Å². The van der Waals surface area contributed by atoms with Gasteiger partial charge in [-0.05, 0) is 83.5 Å². The number of phosphoric ester groups is 1. The molecule has 0 heterocycles. The first kappa shape index (κ1) is 65.7. The van der Waals surface area contributed by atoms with Crippen molar-refractivity contribution in [1.82, 2.24) is 5.32 Å². The van der Waals surface area contributed by atoms with Gasteiger partial charge in [-0.15, -0.1) is 0 Å². The number of carbonyl (C=O) groups excluding carboxylic acids is 1. The van der Waals surface area contributed by atoms with Crippen LogP contribution in [0.4, 0.5) is 0 Å². The highest BCUT2D eigenvalue weighted by molar-refractivity contribution is 7.47. The van der Waals surface area contributed by atoms with Gasteiger partial charge in [0.1, 0.15) is 13.2 Å². The number of hydrogen-bond acceptors (Lipinski definition) is 5. The van der Waals surface area contributed by atoms with E-state index in [1.54, 1.807) is 6.08 Å². The van der Waals surface area contributed by atoms with E-state index in [1.165, 1.54) is 141 Å². The predicted octanol–water partition coefficient (Wildman–Crippen LogP) is 16.9. The lowest BCUT2D eigenvalue weighted by Gasteiger charge is -2.25. The van der Waals surface area contributed by atoms with E-state index in [0.29, 0.717) is 17.4 Å². The molecule has 1 amide bonds. The zero-order valence-corrected chi connectivity index (χ0v) is 45.7. The molecule has 0 saturated heterocycles. The van der Waals surface area contributed by atoms with E-state index < -0.39 is 20.0 Å². The van der Waals surface area contributed by atoms with Crippen LogP contribution in [-0.2, 0) is 18.4 Å². The Morgan fingerprint density at radius 3 is 1.35 bits per heavy atom. The third kappa shape index (κ3) is 51.5. The van der Waals surface area contributed by atoms with Crippen LogP contribution in [0.2, 0.25) is 0 Å². The lowest BCUT2D eigenvalue weighted by Crippen LogP contribution is -2.45. The number of phosphoric acid groups is 1. The van der Waals surface area contributed by atoms with Crippen LogP contribution in [0.25, 0.3) is 0 Å². The van der Waals surface area contributed by atoms with Gasteiger partial charge < -0.3 is 19.8 Å². The molecular weight excluding hydrogens is 864 g/mol. The fraction of sp³-hybridized carbons (Fsp3) is 0.746. The Balaban J connectivity index is 4.21. The first-order chi connectivity index (χ1) is 33.0. The third-order valence-corrected chi connectivity index (χ3v) is 13.1. The highest BCUT2D eigenvalue weighted by Crippen LogP contribution is 2.43. The van der Waals surface area contributed by atoms with Crippen LogP contribution in [0.15, 0.2) is 85.1 Å². The van der Waals surface area contributed by atoms with Crippen LogP contribution in [0, 0.1) is 0 Å². The first-order valence-corrected chi connectivity index (χ1v) is 29.5. The highest BCUT2D eigenvalue weighted by Gasteiger charge is 2.27. The van der Waals surface area contributed by atoms with Crippen molar-refractivity contribution < 1.29 is 32.9 Å². The van der Waals surface area contributed by atoms with Crippen molar-refractivity contribution >= 4 is 13.7 Å². The molecule has 3 N–H and O–H groups in total. The normalized spacial score (nSPS) is 14.6. The molecular formula is C59H108N2O6P+. The minimum Gasteiger partial charge on any atom is -0.387 e. The van der Waals surface area contributed by atoms with E-state index in [9.17, 15) is 19.4 Å². The van der Waals surface area contributed by atoms with Crippen LogP contribution in [0.3, 0.4) is 0 Å². The SMILES string of the molecule is CC/C=C\C/C=C\C/C=C\C/C=C\CCCCCCCCCCCCCCCCCCC(=O)NC(COP(=O)(O)OCC[N+](C)(C)C)C(O)/C=C/CC/C=C/CC/C=C/CCCCCCCCC. The fourth-order valence-corrected chi connectivity index (χ4v) is 8.45. The number of hydrogen-bond donors (Lipinski definition) is 3. The molecule has 0 fully saturated rings. The second-order valence-corrected chi connectivity index (χ2v) is 21.4. The molecule has 0 aromatic carbocycles. The molecule has 0 aliphatic carbocycles. The average Bonchev–Trinajstić information content (AvgIpc) is 3.30. The van der Waals surface area contributed by atoms with Crippen LogP contribution >= 0.6 is 7.82 Å². The lowest BCUT2D eigenvalue weighted by molar-refractivity contribution is -0.870. The van der Waals surface area contributed by atoms with Gasteiger partial charge in [-0.25, -0.2) is 4.57 Å². The molecule has 0 aromatic rings. The maximum atomic E-state index is 13.0. The molecule has 8 nitrogen and oxygen atoms in total. The maximum absolute atomic E-state index is 13.0. The topological polar surface area (TPSA) is 105 Å². The molecule has 0 radical (unpaired) electrons. The Hall–Kier alpha value is -2.32. The number of allylic oxidation sites excluding steroid dienone is 13. The van der Waals surface area contributed by atoms with Crippen LogP contribution in [0.1, 0.15) is 232 Å². The van der Waals surface area contributed by atoms with E-state index in [0.717, 1.165) is 70.6 Å². The zero-order valence-electron chi connectivity index (χ0n) is 44.8. The predicted molar refractivity (Wildman–Crippen MR) is 295 cm³/mol. The van der Waals surface area contributed by atoms with E-state index >= 15 is 0 Å². The monoisotopic (exact) mass is 972 g/mol. The minimum atomic E-state index is -4.36. The van der Waals surface area contributed by atoms with Crippen LogP contribution in [0.5, 0.6) is 0 Å². The summed E-state index contributed by atoms with van der Waals surface area (Å²) in [5, 5.41) is 13.9. The maximum Gasteiger partial charge on any atom is 0.472 e. The molecule has 3 unspecified atom stereocenters. The van der Waals surface area contributed by atoms with Crippen molar-refractivity contribution in [2.24, 2.45) is 0 Å². The molecule has 0 rings (SSSR count). The van der Waals surface area contributed by atoms with Gasteiger partial charge in [-0.1, -0.05) is 227 Å². The molecule has 3 atom stereocenters. The summed E-state index contributed by atoms with van der Waals surface area (Å²) in [6.07, 6.45) is 69.7. The van der Waals surface area contributed by atoms with E-state index in [1.807, 2.05) is 27.2 Å². The number of carbonyl (C=O) groups is 1. The van der Waals surface area contributed by atoms with Gasteiger partial charge in [0.15, 0.2) is 0 Å². The van der Waals surface area contributed by atoms with Crippen molar-refractivity contribution in [2.45, 2.75) is 244 Å².